The Kier molecular flexibility index (Phi) is 3.28. The molecule has 0 spiro atoms. The van der Waals surface area contributed by atoms with Gasteiger partial charge < -0.3 is 4.90 Å². The van der Waals surface area contributed by atoms with Crippen molar-refractivity contribution in [1.82, 2.24) is 4.90 Å². The third-order valence-electron chi connectivity index (χ3n) is 2.96. The Balaban J connectivity index is 2.39. The lowest BCUT2D eigenvalue weighted by atomic mass is 10.1. The van der Waals surface area contributed by atoms with Crippen molar-refractivity contribution in [3.63, 3.8) is 0 Å². The van der Waals surface area contributed by atoms with Gasteiger partial charge >= 0.3 is 0 Å². The second-order valence-electron chi connectivity index (χ2n) is 4.03. The molecule has 16 heavy (non-hydrogen) atoms. The van der Waals surface area contributed by atoms with Crippen LogP contribution in [0.15, 0.2) is 16.6 Å². The fraction of sp³-hybridized carbons (Fsp3) is 0.417. The van der Waals surface area contributed by atoms with Crippen LogP contribution in [0.4, 0.5) is 4.39 Å². The largest absolute Gasteiger partial charge is 0.339 e. The first-order valence-corrected chi connectivity index (χ1v) is 6.14. The molecule has 0 saturated carbocycles. The highest BCUT2D eigenvalue weighted by Crippen LogP contribution is 2.24. The minimum atomic E-state index is -0.433. The number of hydrogen-bond acceptors (Lipinski definition) is 1. The normalized spacial score (nSPS) is 15.6. The molecule has 1 aliphatic rings. The van der Waals surface area contributed by atoms with Crippen LogP contribution in [0.5, 0.6) is 0 Å². The Morgan fingerprint density at radius 3 is 2.62 bits per heavy atom. The van der Waals surface area contributed by atoms with Crippen molar-refractivity contribution in [3.05, 3.63) is 33.5 Å². The van der Waals surface area contributed by atoms with E-state index in [1.807, 2.05) is 0 Å². The Morgan fingerprint density at radius 2 is 2.00 bits per heavy atom. The Labute approximate surface area is 103 Å². The molecule has 2 nitrogen and oxygen atoms in total. The van der Waals surface area contributed by atoms with Gasteiger partial charge in [-0.15, -0.1) is 0 Å². The summed E-state index contributed by atoms with van der Waals surface area (Å²) in [5.41, 5.74) is 0.883. The van der Waals surface area contributed by atoms with Gasteiger partial charge in [0.1, 0.15) is 5.82 Å². The average Bonchev–Trinajstić information content (AvgIpc) is 2.77. The quantitative estimate of drug-likeness (QED) is 0.776. The lowest BCUT2D eigenvalue weighted by molar-refractivity contribution is 0.0787. The maximum atomic E-state index is 13.7. The number of nitrogens with zero attached hydrogens (tertiary/aromatic N) is 1. The van der Waals surface area contributed by atoms with E-state index in [2.05, 4.69) is 15.9 Å². The SMILES string of the molecule is Cc1c(Br)ccc(F)c1C(=O)N1CCCC1. The molecule has 1 aromatic rings. The van der Waals surface area contributed by atoms with Crippen LogP contribution in [0.2, 0.25) is 0 Å². The molecule has 1 fully saturated rings. The number of rotatable bonds is 1. The van der Waals surface area contributed by atoms with Gasteiger partial charge in [-0.25, -0.2) is 4.39 Å². The maximum Gasteiger partial charge on any atom is 0.257 e. The van der Waals surface area contributed by atoms with Gasteiger partial charge in [-0.05, 0) is 37.5 Å². The van der Waals surface area contributed by atoms with E-state index in [4.69, 9.17) is 0 Å². The summed E-state index contributed by atoms with van der Waals surface area (Å²) in [6.07, 6.45) is 2.03. The van der Waals surface area contributed by atoms with Crippen molar-refractivity contribution in [2.45, 2.75) is 19.8 Å². The minimum Gasteiger partial charge on any atom is -0.339 e. The lowest BCUT2D eigenvalue weighted by Crippen LogP contribution is -2.29. The van der Waals surface area contributed by atoms with Crippen LogP contribution in [0.1, 0.15) is 28.8 Å². The molecular weight excluding hydrogens is 273 g/mol. The summed E-state index contributed by atoms with van der Waals surface area (Å²) in [7, 11) is 0. The van der Waals surface area contributed by atoms with Gasteiger partial charge in [0.25, 0.3) is 5.91 Å². The van der Waals surface area contributed by atoms with E-state index in [-0.39, 0.29) is 11.5 Å². The summed E-state index contributed by atoms with van der Waals surface area (Å²) in [5, 5.41) is 0. The van der Waals surface area contributed by atoms with Crippen molar-refractivity contribution in [2.75, 3.05) is 13.1 Å². The fourth-order valence-electron chi connectivity index (χ4n) is 1.99. The highest BCUT2D eigenvalue weighted by molar-refractivity contribution is 9.10. The van der Waals surface area contributed by atoms with E-state index >= 15 is 0 Å². The van der Waals surface area contributed by atoms with Gasteiger partial charge in [0.2, 0.25) is 0 Å². The van der Waals surface area contributed by atoms with Crippen LogP contribution >= 0.6 is 15.9 Å². The van der Waals surface area contributed by atoms with E-state index in [0.29, 0.717) is 5.56 Å². The molecule has 1 aromatic carbocycles. The molecular formula is C12H13BrFNO. The predicted octanol–water partition coefficient (Wildman–Crippen LogP) is 3.13. The second-order valence-corrected chi connectivity index (χ2v) is 4.88. The number of carbonyl (C=O) groups excluding carboxylic acids is 1. The molecule has 0 unspecified atom stereocenters. The molecule has 2 rings (SSSR count). The van der Waals surface area contributed by atoms with Crippen LogP contribution in [-0.4, -0.2) is 23.9 Å². The molecule has 0 radical (unpaired) electrons. The van der Waals surface area contributed by atoms with Gasteiger partial charge in [-0.3, -0.25) is 4.79 Å². The molecule has 0 aliphatic carbocycles. The van der Waals surface area contributed by atoms with Crippen molar-refractivity contribution < 1.29 is 9.18 Å². The summed E-state index contributed by atoms with van der Waals surface area (Å²) in [4.78, 5) is 13.8. The average molecular weight is 286 g/mol. The predicted molar refractivity (Wildman–Crippen MR) is 64.0 cm³/mol. The van der Waals surface area contributed by atoms with Crippen LogP contribution in [0, 0.1) is 12.7 Å². The molecule has 1 amide bonds. The third-order valence-corrected chi connectivity index (χ3v) is 3.81. The fourth-order valence-corrected chi connectivity index (χ4v) is 2.32. The van der Waals surface area contributed by atoms with Crippen LogP contribution < -0.4 is 0 Å². The molecule has 0 aromatic heterocycles. The minimum absolute atomic E-state index is 0.186. The number of halogens is 2. The first-order valence-electron chi connectivity index (χ1n) is 5.35. The Hall–Kier alpha value is -0.900. The number of likely N-dealkylation sites (tertiary alicyclic amines) is 1. The first-order chi connectivity index (χ1) is 7.61. The van der Waals surface area contributed by atoms with Crippen LogP contribution in [-0.2, 0) is 0 Å². The summed E-state index contributed by atoms with van der Waals surface area (Å²) < 4.78 is 14.4. The van der Waals surface area contributed by atoms with Crippen molar-refractivity contribution in [1.29, 1.82) is 0 Å². The van der Waals surface area contributed by atoms with Crippen LogP contribution in [0.25, 0.3) is 0 Å². The lowest BCUT2D eigenvalue weighted by Gasteiger charge is -2.17. The number of benzene rings is 1. The van der Waals surface area contributed by atoms with Gasteiger partial charge in [-0.2, -0.15) is 0 Å². The monoisotopic (exact) mass is 285 g/mol. The van der Waals surface area contributed by atoms with Crippen molar-refractivity contribution in [2.24, 2.45) is 0 Å². The zero-order valence-corrected chi connectivity index (χ0v) is 10.7. The first kappa shape index (κ1) is 11.6. The zero-order valence-electron chi connectivity index (χ0n) is 9.09. The highest BCUT2D eigenvalue weighted by atomic mass is 79.9. The van der Waals surface area contributed by atoms with E-state index in [1.54, 1.807) is 17.9 Å². The standard InChI is InChI=1S/C12H13BrFNO/c1-8-9(13)4-5-10(14)11(8)12(16)15-6-2-3-7-15/h4-5H,2-3,6-7H2,1H3. The summed E-state index contributed by atoms with van der Waals surface area (Å²) in [6.45, 7) is 3.24. The smallest absolute Gasteiger partial charge is 0.257 e. The van der Waals surface area contributed by atoms with Gasteiger partial charge in [0.05, 0.1) is 5.56 Å². The summed E-state index contributed by atoms with van der Waals surface area (Å²) in [5.74, 6) is -0.619. The molecule has 0 bridgehead atoms. The molecule has 1 heterocycles. The van der Waals surface area contributed by atoms with Gasteiger partial charge in [-0.1, -0.05) is 15.9 Å². The summed E-state index contributed by atoms with van der Waals surface area (Å²) in [6, 6.07) is 2.96. The third kappa shape index (κ3) is 1.98. The molecule has 1 saturated heterocycles. The van der Waals surface area contributed by atoms with E-state index in [9.17, 15) is 9.18 Å². The van der Waals surface area contributed by atoms with Gasteiger partial charge in [0, 0.05) is 17.6 Å². The Morgan fingerprint density at radius 1 is 1.38 bits per heavy atom. The topological polar surface area (TPSA) is 20.3 Å². The van der Waals surface area contributed by atoms with Crippen molar-refractivity contribution in [3.8, 4) is 0 Å². The molecule has 0 N–H and O–H groups in total. The zero-order chi connectivity index (χ0) is 11.7. The number of carbonyl (C=O) groups is 1. The summed E-state index contributed by atoms with van der Waals surface area (Å²) >= 11 is 3.32. The Bertz CT molecular complexity index is 427. The molecule has 0 atom stereocenters. The van der Waals surface area contributed by atoms with Crippen LogP contribution in [0.3, 0.4) is 0 Å². The van der Waals surface area contributed by atoms with Crippen molar-refractivity contribution >= 4 is 21.8 Å². The number of amides is 1. The molecule has 86 valence electrons. The molecule has 1 aliphatic heterocycles. The van der Waals surface area contributed by atoms with E-state index in [1.165, 1.54) is 6.07 Å². The molecule has 4 heteroatoms. The second kappa shape index (κ2) is 4.53. The van der Waals surface area contributed by atoms with E-state index < -0.39 is 5.82 Å². The van der Waals surface area contributed by atoms with Gasteiger partial charge in [0.15, 0.2) is 0 Å². The highest BCUT2D eigenvalue weighted by Gasteiger charge is 2.24. The maximum absolute atomic E-state index is 13.7. The number of hydrogen-bond donors (Lipinski definition) is 0. The van der Waals surface area contributed by atoms with E-state index in [0.717, 1.165) is 30.4 Å².